The van der Waals surface area contributed by atoms with E-state index >= 15 is 0 Å². The van der Waals surface area contributed by atoms with Crippen molar-refractivity contribution in [3.63, 3.8) is 0 Å². The van der Waals surface area contributed by atoms with E-state index in [2.05, 4.69) is 29.8 Å². The third kappa shape index (κ3) is 4.94. The molecule has 0 atom stereocenters. The largest absolute Gasteiger partial charge is 0.491 e. The summed E-state index contributed by atoms with van der Waals surface area (Å²) < 4.78 is 24.2. The third-order valence-electron chi connectivity index (χ3n) is 1.84. The zero-order valence-electron chi connectivity index (χ0n) is 9.50. The Bertz CT molecular complexity index is 329. The van der Waals surface area contributed by atoms with Gasteiger partial charge in [0.25, 0.3) is 0 Å². The smallest absolute Gasteiger partial charge is 0.141 e. The molecule has 0 aliphatic rings. The highest BCUT2D eigenvalue weighted by Gasteiger charge is 2.01. The predicted octanol–water partition coefficient (Wildman–Crippen LogP) is 3.64. The SMILES string of the molecule is CC(C)COCCOc1ccc(Br)c(F)c1. The molecule has 1 aromatic rings. The summed E-state index contributed by atoms with van der Waals surface area (Å²) in [6.07, 6.45) is 0. The van der Waals surface area contributed by atoms with Crippen molar-refractivity contribution in [2.75, 3.05) is 19.8 Å². The zero-order valence-corrected chi connectivity index (χ0v) is 11.1. The first kappa shape index (κ1) is 13.5. The van der Waals surface area contributed by atoms with Gasteiger partial charge in [0.1, 0.15) is 18.2 Å². The van der Waals surface area contributed by atoms with Crippen molar-refractivity contribution < 1.29 is 13.9 Å². The van der Waals surface area contributed by atoms with E-state index < -0.39 is 0 Å². The van der Waals surface area contributed by atoms with Crippen molar-refractivity contribution >= 4 is 15.9 Å². The topological polar surface area (TPSA) is 18.5 Å². The first-order chi connectivity index (χ1) is 7.59. The van der Waals surface area contributed by atoms with Crippen LogP contribution in [0.2, 0.25) is 0 Å². The van der Waals surface area contributed by atoms with E-state index in [0.717, 1.165) is 6.61 Å². The molecule has 0 unspecified atom stereocenters. The molecule has 0 aliphatic heterocycles. The van der Waals surface area contributed by atoms with Gasteiger partial charge in [-0.1, -0.05) is 13.8 Å². The molecular formula is C12H16BrFO2. The van der Waals surface area contributed by atoms with Gasteiger partial charge in [-0.25, -0.2) is 4.39 Å². The average molecular weight is 291 g/mol. The van der Waals surface area contributed by atoms with Crippen LogP contribution in [0.1, 0.15) is 13.8 Å². The van der Waals surface area contributed by atoms with Crippen LogP contribution in [0.3, 0.4) is 0 Å². The Balaban J connectivity index is 2.24. The van der Waals surface area contributed by atoms with Crippen molar-refractivity contribution in [2.24, 2.45) is 5.92 Å². The monoisotopic (exact) mass is 290 g/mol. The fourth-order valence-corrected chi connectivity index (χ4v) is 1.35. The number of hydrogen-bond acceptors (Lipinski definition) is 2. The van der Waals surface area contributed by atoms with Crippen LogP contribution in [0.25, 0.3) is 0 Å². The number of halogens is 2. The van der Waals surface area contributed by atoms with Crippen molar-refractivity contribution in [3.05, 3.63) is 28.5 Å². The molecule has 0 fully saturated rings. The van der Waals surface area contributed by atoms with Crippen molar-refractivity contribution in [1.82, 2.24) is 0 Å². The highest BCUT2D eigenvalue weighted by atomic mass is 79.9. The molecule has 16 heavy (non-hydrogen) atoms. The maximum absolute atomic E-state index is 13.1. The Kier molecular flexibility index (Phi) is 5.77. The molecule has 0 aromatic heterocycles. The normalized spacial score (nSPS) is 10.8. The maximum Gasteiger partial charge on any atom is 0.141 e. The second-order valence-corrected chi connectivity index (χ2v) is 4.75. The van der Waals surface area contributed by atoms with Crippen LogP contribution < -0.4 is 4.74 Å². The van der Waals surface area contributed by atoms with E-state index in [4.69, 9.17) is 9.47 Å². The molecule has 0 aliphatic carbocycles. The van der Waals surface area contributed by atoms with E-state index in [-0.39, 0.29) is 5.82 Å². The Hall–Kier alpha value is -0.610. The fourth-order valence-electron chi connectivity index (χ4n) is 1.10. The summed E-state index contributed by atoms with van der Waals surface area (Å²) in [6.45, 7) is 5.86. The average Bonchev–Trinajstić information content (AvgIpc) is 2.22. The van der Waals surface area contributed by atoms with Gasteiger partial charge in [-0.3, -0.25) is 0 Å². The van der Waals surface area contributed by atoms with Gasteiger partial charge in [0.2, 0.25) is 0 Å². The molecular weight excluding hydrogens is 275 g/mol. The highest BCUT2D eigenvalue weighted by Crippen LogP contribution is 2.20. The lowest BCUT2D eigenvalue weighted by atomic mass is 10.2. The summed E-state index contributed by atoms with van der Waals surface area (Å²) in [5, 5.41) is 0. The summed E-state index contributed by atoms with van der Waals surface area (Å²) in [6, 6.07) is 4.70. The van der Waals surface area contributed by atoms with Crippen LogP contribution in [-0.4, -0.2) is 19.8 Å². The lowest BCUT2D eigenvalue weighted by Gasteiger charge is -2.08. The Morgan fingerprint density at radius 2 is 2.06 bits per heavy atom. The summed E-state index contributed by atoms with van der Waals surface area (Å²) in [5.41, 5.74) is 0. The fraction of sp³-hybridized carbons (Fsp3) is 0.500. The van der Waals surface area contributed by atoms with Gasteiger partial charge in [0, 0.05) is 12.7 Å². The van der Waals surface area contributed by atoms with Crippen LogP contribution in [0.15, 0.2) is 22.7 Å². The van der Waals surface area contributed by atoms with E-state index in [1.54, 1.807) is 12.1 Å². The third-order valence-corrected chi connectivity index (χ3v) is 2.48. The van der Waals surface area contributed by atoms with E-state index in [9.17, 15) is 4.39 Å². The number of benzene rings is 1. The molecule has 0 spiro atoms. The van der Waals surface area contributed by atoms with Crippen LogP contribution in [0.5, 0.6) is 5.75 Å². The van der Waals surface area contributed by atoms with E-state index in [0.29, 0.717) is 29.4 Å². The summed E-state index contributed by atoms with van der Waals surface area (Å²) in [7, 11) is 0. The number of hydrogen-bond donors (Lipinski definition) is 0. The minimum atomic E-state index is -0.319. The minimum absolute atomic E-state index is 0.319. The second-order valence-electron chi connectivity index (χ2n) is 3.89. The Morgan fingerprint density at radius 3 is 2.69 bits per heavy atom. The molecule has 0 bridgehead atoms. The predicted molar refractivity (Wildman–Crippen MR) is 65.3 cm³/mol. The van der Waals surface area contributed by atoms with Gasteiger partial charge in [-0.2, -0.15) is 0 Å². The lowest BCUT2D eigenvalue weighted by molar-refractivity contribution is 0.0818. The standard InChI is InChI=1S/C12H16BrFO2/c1-9(2)8-15-5-6-16-10-3-4-11(13)12(14)7-10/h3-4,7,9H,5-6,8H2,1-2H3. The first-order valence-corrected chi connectivity index (χ1v) is 6.04. The molecule has 1 rings (SSSR count). The van der Waals surface area contributed by atoms with Crippen LogP contribution in [-0.2, 0) is 4.74 Å². The van der Waals surface area contributed by atoms with Crippen LogP contribution in [0, 0.1) is 11.7 Å². The second kappa shape index (κ2) is 6.86. The van der Waals surface area contributed by atoms with Gasteiger partial charge in [0.15, 0.2) is 0 Å². The van der Waals surface area contributed by atoms with Crippen molar-refractivity contribution in [2.45, 2.75) is 13.8 Å². The molecule has 0 saturated carbocycles. The molecule has 4 heteroatoms. The van der Waals surface area contributed by atoms with Crippen molar-refractivity contribution in [3.8, 4) is 5.75 Å². The Labute approximate surface area is 104 Å². The van der Waals surface area contributed by atoms with E-state index in [1.165, 1.54) is 6.07 Å². The number of ether oxygens (including phenoxy) is 2. The van der Waals surface area contributed by atoms with Crippen molar-refractivity contribution in [1.29, 1.82) is 0 Å². The lowest BCUT2D eigenvalue weighted by Crippen LogP contribution is -2.10. The highest BCUT2D eigenvalue weighted by molar-refractivity contribution is 9.10. The number of rotatable bonds is 6. The molecule has 90 valence electrons. The molecule has 0 radical (unpaired) electrons. The van der Waals surface area contributed by atoms with Crippen LogP contribution >= 0.6 is 15.9 Å². The molecule has 0 heterocycles. The molecule has 0 amide bonds. The molecule has 0 saturated heterocycles. The van der Waals surface area contributed by atoms with E-state index in [1.807, 2.05) is 0 Å². The van der Waals surface area contributed by atoms with Crippen LogP contribution in [0.4, 0.5) is 4.39 Å². The van der Waals surface area contributed by atoms with Gasteiger partial charge in [0.05, 0.1) is 11.1 Å². The van der Waals surface area contributed by atoms with Gasteiger partial charge < -0.3 is 9.47 Å². The Morgan fingerprint density at radius 1 is 1.31 bits per heavy atom. The summed E-state index contributed by atoms with van der Waals surface area (Å²) >= 11 is 3.08. The van der Waals surface area contributed by atoms with Gasteiger partial charge in [-0.05, 0) is 34.0 Å². The molecule has 0 N–H and O–H groups in total. The quantitative estimate of drug-likeness (QED) is 0.745. The summed E-state index contributed by atoms with van der Waals surface area (Å²) in [4.78, 5) is 0. The van der Waals surface area contributed by atoms with Gasteiger partial charge >= 0.3 is 0 Å². The molecule has 1 aromatic carbocycles. The molecule has 2 nitrogen and oxygen atoms in total. The van der Waals surface area contributed by atoms with Gasteiger partial charge in [-0.15, -0.1) is 0 Å². The maximum atomic E-state index is 13.1. The first-order valence-electron chi connectivity index (χ1n) is 5.25. The zero-order chi connectivity index (χ0) is 12.0. The minimum Gasteiger partial charge on any atom is -0.491 e. The summed E-state index contributed by atoms with van der Waals surface area (Å²) in [5.74, 6) is 0.722.